The number of phosphoric acid groups is 2. The Morgan fingerprint density at radius 2 is 0.388 bits per heavy atom. The Morgan fingerprint density at radius 3 is 0.573 bits per heavy atom. The first-order valence-electron chi connectivity index (χ1n) is 43.8. The summed E-state index contributed by atoms with van der Waals surface area (Å²) in [5, 5.41) is 10.7. The zero-order valence-corrected chi connectivity index (χ0v) is 69.1. The molecule has 0 amide bonds. The summed E-state index contributed by atoms with van der Waals surface area (Å²) in [6.45, 7) is 5.05. The van der Waals surface area contributed by atoms with E-state index < -0.39 is 97.5 Å². The normalized spacial score (nSPS) is 13.7. The molecule has 0 radical (unpaired) electrons. The molecule has 0 aromatic heterocycles. The lowest BCUT2D eigenvalue weighted by atomic mass is 10.0. The lowest BCUT2D eigenvalue weighted by Gasteiger charge is -2.21. The Kier molecular flexibility index (Phi) is 76.7. The average molecular weight is 1510 g/mol. The molecule has 0 aromatic carbocycles. The first-order chi connectivity index (χ1) is 50.2. The molecule has 19 heteroatoms. The van der Waals surface area contributed by atoms with Crippen LogP contribution in [0, 0.1) is 0 Å². The molecule has 0 aliphatic heterocycles. The molecule has 0 aliphatic rings. The van der Waals surface area contributed by atoms with Gasteiger partial charge in [0.25, 0.3) is 0 Å². The molecule has 0 rings (SSSR count). The molecular weight excluding hydrogens is 1340 g/mol. The van der Waals surface area contributed by atoms with Crippen LogP contribution >= 0.6 is 15.6 Å². The highest BCUT2D eigenvalue weighted by Crippen LogP contribution is 2.45. The summed E-state index contributed by atoms with van der Waals surface area (Å²) in [6.07, 6.45) is 72.1. The lowest BCUT2D eigenvalue weighted by molar-refractivity contribution is -0.161. The minimum absolute atomic E-state index is 0.109. The number of phosphoric ester groups is 2. The van der Waals surface area contributed by atoms with Gasteiger partial charge in [0.1, 0.15) is 19.3 Å². The maximum Gasteiger partial charge on any atom is 0.472 e. The van der Waals surface area contributed by atoms with E-state index in [0.717, 1.165) is 89.9 Å². The van der Waals surface area contributed by atoms with E-state index in [4.69, 9.17) is 37.0 Å². The molecule has 612 valence electrons. The van der Waals surface area contributed by atoms with Crippen LogP contribution in [-0.4, -0.2) is 96.7 Å². The largest absolute Gasteiger partial charge is 0.472 e. The predicted molar refractivity (Wildman–Crippen MR) is 423 cm³/mol. The first kappa shape index (κ1) is 101. The van der Waals surface area contributed by atoms with Crippen LogP contribution < -0.4 is 0 Å². The third kappa shape index (κ3) is 78.0. The second-order valence-electron chi connectivity index (χ2n) is 30.2. The van der Waals surface area contributed by atoms with Crippen molar-refractivity contribution < 1.29 is 80.2 Å². The van der Waals surface area contributed by atoms with E-state index in [0.29, 0.717) is 25.7 Å². The van der Waals surface area contributed by atoms with Gasteiger partial charge < -0.3 is 33.8 Å². The smallest absolute Gasteiger partial charge is 0.462 e. The third-order valence-electron chi connectivity index (χ3n) is 19.9. The molecule has 103 heavy (non-hydrogen) atoms. The van der Waals surface area contributed by atoms with Gasteiger partial charge in [0.05, 0.1) is 26.4 Å². The molecule has 0 fully saturated rings. The van der Waals surface area contributed by atoms with Crippen molar-refractivity contribution in [3.63, 3.8) is 0 Å². The average Bonchev–Trinajstić information content (AvgIpc) is 0.927. The third-order valence-corrected chi connectivity index (χ3v) is 21.8. The molecule has 0 heterocycles. The zero-order valence-electron chi connectivity index (χ0n) is 67.3. The van der Waals surface area contributed by atoms with Crippen molar-refractivity contribution in [1.82, 2.24) is 0 Å². The van der Waals surface area contributed by atoms with Crippen LogP contribution in [0.25, 0.3) is 0 Å². The second-order valence-corrected chi connectivity index (χ2v) is 33.1. The van der Waals surface area contributed by atoms with E-state index >= 15 is 0 Å². The molecule has 17 nitrogen and oxygen atoms in total. The molecule has 0 saturated carbocycles. The van der Waals surface area contributed by atoms with Crippen molar-refractivity contribution in [2.24, 2.45) is 0 Å². The Labute approximate surface area is 632 Å². The molecule has 0 bridgehead atoms. The van der Waals surface area contributed by atoms with Gasteiger partial charge in [-0.2, -0.15) is 0 Å². The number of hydrogen-bond acceptors (Lipinski definition) is 15. The van der Waals surface area contributed by atoms with Crippen LogP contribution in [0.5, 0.6) is 0 Å². The summed E-state index contributed by atoms with van der Waals surface area (Å²) in [5.41, 5.74) is 0. The number of esters is 4. The Morgan fingerprint density at radius 1 is 0.233 bits per heavy atom. The minimum atomic E-state index is -4.96. The molecular formula is C84H164O17P2. The van der Waals surface area contributed by atoms with Crippen molar-refractivity contribution in [3.05, 3.63) is 0 Å². The number of hydrogen-bond donors (Lipinski definition) is 3. The Bertz CT molecular complexity index is 1950. The summed E-state index contributed by atoms with van der Waals surface area (Å²) in [4.78, 5) is 73.2. The van der Waals surface area contributed by atoms with E-state index in [1.54, 1.807) is 0 Å². The maximum atomic E-state index is 13.1. The van der Waals surface area contributed by atoms with E-state index in [2.05, 4.69) is 27.7 Å². The molecule has 3 N–H and O–H groups in total. The topological polar surface area (TPSA) is 237 Å². The fourth-order valence-electron chi connectivity index (χ4n) is 13.2. The van der Waals surface area contributed by atoms with Crippen molar-refractivity contribution >= 4 is 39.5 Å². The summed E-state index contributed by atoms with van der Waals surface area (Å²) < 4.78 is 68.9. The molecule has 5 atom stereocenters. The molecule has 0 saturated heterocycles. The van der Waals surface area contributed by atoms with Crippen molar-refractivity contribution in [3.8, 4) is 0 Å². The van der Waals surface area contributed by atoms with Gasteiger partial charge in [-0.25, -0.2) is 9.13 Å². The number of carbonyl (C=O) groups excluding carboxylic acids is 4. The van der Waals surface area contributed by atoms with Crippen molar-refractivity contribution in [1.29, 1.82) is 0 Å². The second kappa shape index (κ2) is 78.2. The van der Waals surface area contributed by atoms with Crippen molar-refractivity contribution in [2.75, 3.05) is 39.6 Å². The Balaban J connectivity index is 5.24. The van der Waals surface area contributed by atoms with Gasteiger partial charge in [-0.05, 0) is 25.7 Å². The number of aliphatic hydroxyl groups is 1. The van der Waals surface area contributed by atoms with Crippen LogP contribution in [-0.2, 0) is 65.4 Å². The van der Waals surface area contributed by atoms with Gasteiger partial charge in [0.2, 0.25) is 0 Å². The monoisotopic (exact) mass is 1510 g/mol. The Hall–Kier alpha value is -1.94. The highest BCUT2D eigenvalue weighted by atomic mass is 31.2. The van der Waals surface area contributed by atoms with Crippen LogP contribution in [0.1, 0.15) is 458 Å². The van der Waals surface area contributed by atoms with Gasteiger partial charge in [-0.1, -0.05) is 407 Å². The number of carbonyl (C=O) groups is 4. The van der Waals surface area contributed by atoms with E-state index in [9.17, 15) is 43.2 Å². The van der Waals surface area contributed by atoms with E-state index in [1.165, 1.54) is 289 Å². The SMILES string of the molecule is CCCCCCCCCCCCCCCCCCCCCCCC(=O)O[C@H](COC(=O)CCCCCCCCCCCCCCCCC)COP(=O)(O)OC[C@@H](O)COP(=O)(O)OC[C@@H](COC(=O)CCCCCCCCCCCCCCC)OC(=O)CCCCCCCCCCCCCCCC. The number of unbranched alkanes of at least 4 members (excludes halogenated alkanes) is 59. The van der Waals surface area contributed by atoms with E-state index in [-0.39, 0.29) is 25.7 Å². The fourth-order valence-corrected chi connectivity index (χ4v) is 14.7. The minimum Gasteiger partial charge on any atom is -0.462 e. The summed E-state index contributed by atoms with van der Waals surface area (Å²) in [7, 11) is -9.92. The van der Waals surface area contributed by atoms with Crippen LogP contribution in [0.4, 0.5) is 0 Å². The van der Waals surface area contributed by atoms with Gasteiger partial charge in [-0.3, -0.25) is 37.3 Å². The summed E-state index contributed by atoms with van der Waals surface area (Å²) in [6, 6.07) is 0. The van der Waals surface area contributed by atoms with Gasteiger partial charge >= 0.3 is 39.5 Å². The van der Waals surface area contributed by atoms with Gasteiger partial charge in [0, 0.05) is 25.7 Å². The quantitative estimate of drug-likeness (QED) is 0.0222. The van der Waals surface area contributed by atoms with E-state index in [1.807, 2.05) is 0 Å². The van der Waals surface area contributed by atoms with Crippen LogP contribution in [0.3, 0.4) is 0 Å². The molecule has 0 aromatic rings. The summed E-state index contributed by atoms with van der Waals surface area (Å²) >= 11 is 0. The van der Waals surface area contributed by atoms with Crippen LogP contribution in [0.2, 0.25) is 0 Å². The van der Waals surface area contributed by atoms with Gasteiger partial charge in [-0.15, -0.1) is 0 Å². The molecule has 0 aliphatic carbocycles. The lowest BCUT2D eigenvalue weighted by Crippen LogP contribution is -2.30. The first-order valence-corrected chi connectivity index (χ1v) is 46.8. The summed E-state index contributed by atoms with van der Waals surface area (Å²) in [5.74, 6) is -2.10. The van der Waals surface area contributed by atoms with Crippen LogP contribution in [0.15, 0.2) is 0 Å². The predicted octanol–water partition coefficient (Wildman–Crippen LogP) is 25.7. The van der Waals surface area contributed by atoms with Crippen molar-refractivity contribution in [2.45, 2.75) is 476 Å². The zero-order chi connectivity index (χ0) is 75.3. The highest BCUT2D eigenvalue weighted by Gasteiger charge is 2.30. The van der Waals surface area contributed by atoms with Gasteiger partial charge in [0.15, 0.2) is 12.2 Å². The maximum absolute atomic E-state index is 13.1. The molecule has 2 unspecified atom stereocenters. The highest BCUT2D eigenvalue weighted by molar-refractivity contribution is 7.47. The fraction of sp³-hybridized carbons (Fsp3) is 0.952. The number of aliphatic hydroxyl groups excluding tert-OH is 1. The molecule has 0 spiro atoms. The number of rotatable bonds is 85. The number of ether oxygens (including phenoxy) is 4. The standard InChI is InChI=1S/C84H164O17P2/c1-5-9-13-17-21-25-29-33-36-37-38-39-40-41-43-47-51-55-59-63-67-71-84(89)101-80(75-95-82(87)69-65-61-57-53-49-46-42-34-30-26-22-18-14-10-6-2)77-99-103(92,93)97-73-78(85)72-96-102(90,91)98-76-79(74-94-81(86)68-64-60-56-52-48-44-32-28-24-20-16-12-8-4)100-83(88)70-66-62-58-54-50-45-35-31-27-23-19-15-11-7-3/h78-80,85H,5-77H2,1-4H3,(H,90,91)(H,92,93)/t78-,79+,80+/m0/s1.